The van der Waals surface area contributed by atoms with Gasteiger partial charge in [-0.25, -0.2) is 4.98 Å². The highest BCUT2D eigenvalue weighted by atomic mass is 79.9. The summed E-state index contributed by atoms with van der Waals surface area (Å²) >= 11 is 3.37. The van der Waals surface area contributed by atoms with Gasteiger partial charge in [0, 0.05) is 29.1 Å². The Balaban J connectivity index is 1.92. The van der Waals surface area contributed by atoms with E-state index in [2.05, 4.69) is 26.2 Å². The van der Waals surface area contributed by atoms with Gasteiger partial charge in [0.2, 0.25) is 5.91 Å². The molecule has 0 spiro atoms. The lowest BCUT2D eigenvalue weighted by atomic mass is 10.1. The lowest BCUT2D eigenvalue weighted by molar-refractivity contribution is -0.115. The molecule has 1 aliphatic rings. The van der Waals surface area contributed by atoms with Crippen molar-refractivity contribution in [3.05, 3.63) is 46.6 Å². The van der Waals surface area contributed by atoms with Gasteiger partial charge in [0.1, 0.15) is 5.82 Å². The molecule has 0 saturated heterocycles. The van der Waals surface area contributed by atoms with Crippen LogP contribution < -0.4 is 10.2 Å². The monoisotopic (exact) mass is 317 g/mol. The van der Waals surface area contributed by atoms with Gasteiger partial charge >= 0.3 is 0 Å². The van der Waals surface area contributed by atoms with Gasteiger partial charge in [0.25, 0.3) is 0 Å². The molecule has 4 nitrogen and oxygen atoms in total. The number of pyridine rings is 1. The van der Waals surface area contributed by atoms with Crippen LogP contribution in [-0.4, -0.2) is 17.9 Å². The Morgan fingerprint density at radius 1 is 1.32 bits per heavy atom. The fourth-order valence-electron chi connectivity index (χ4n) is 2.12. The first-order valence-corrected chi connectivity index (χ1v) is 6.71. The molecule has 1 amide bonds. The van der Waals surface area contributed by atoms with E-state index in [1.807, 2.05) is 42.3 Å². The molecule has 0 saturated carbocycles. The Kier molecular flexibility index (Phi) is 2.98. The van der Waals surface area contributed by atoms with E-state index >= 15 is 0 Å². The second-order valence-corrected chi connectivity index (χ2v) is 5.38. The van der Waals surface area contributed by atoms with Gasteiger partial charge in [-0.15, -0.1) is 0 Å². The summed E-state index contributed by atoms with van der Waals surface area (Å²) in [7, 11) is 1.96. The number of carbonyl (C=O) groups excluding carboxylic acids is 1. The molecular formula is C14H12BrN3O. The average molecular weight is 318 g/mol. The quantitative estimate of drug-likeness (QED) is 0.925. The van der Waals surface area contributed by atoms with Crippen LogP contribution in [0, 0.1) is 0 Å². The number of rotatable bonds is 2. The summed E-state index contributed by atoms with van der Waals surface area (Å²) in [5, 5.41) is 2.83. The van der Waals surface area contributed by atoms with Gasteiger partial charge in [0.05, 0.1) is 6.42 Å². The van der Waals surface area contributed by atoms with Crippen molar-refractivity contribution in [3.8, 4) is 0 Å². The lowest BCUT2D eigenvalue weighted by Crippen LogP contribution is -2.11. The minimum atomic E-state index is 0.0524. The summed E-state index contributed by atoms with van der Waals surface area (Å²) in [4.78, 5) is 17.7. The maximum Gasteiger partial charge on any atom is 0.228 e. The molecule has 2 heterocycles. The molecule has 2 aromatic rings. The zero-order valence-corrected chi connectivity index (χ0v) is 11.9. The number of halogens is 1. The molecule has 3 rings (SSSR count). The molecule has 0 aliphatic carbocycles. The molecule has 0 unspecified atom stereocenters. The fraction of sp³-hybridized carbons (Fsp3) is 0.143. The Bertz CT molecular complexity index is 640. The summed E-state index contributed by atoms with van der Waals surface area (Å²) in [6, 6.07) is 9.84. The molecule has 5 heteroatoms. The predicted octanol–water partition coefficient (Wildman–Crippen LogP) is 3.11. The van der Waals surface area contributed by atoms with Crippen LogP contribution in [0.15, 0.2) is 41.0 Å². The van der Waals surface area contributed by atoms with Crippen LogP contribution in [0.1, 0.15) is 5.56 Å². The molecule has 96 valence electrons. The highest BCUT2D eigenvalue weighted by Gasteiger charge is 2.18. The molecule has 0 atom stereocenters. The largest absolute Gasteiger partial charge is 0.329 e. The molecule has 19 heavy (non-hydrogen) atoms. The number of carbonyl (C=O) groups is 1. The van der Waals surface area contributed by atoms with Crippen molar-refractivity contribution in [1.82, 2.24) is 4.98 Å². The van der Waals surface area contributed by atoms with Crippen molar-refractivity contribution in [2.75, 3.05) is 17.3 Å². The average Bonchev–Trinajstić information content (AvgIpc) is 2.77. The van der Waals surface area contributed by atoms with Crippen molar-refractivity contribution in [2.24, 2.45) is 0 Å². The second kappa shape index (κ2) is 4.66. The van der Waals surface area contributed by atoms with Crippen LogP contribution in [0.2, 0.25) is 0 Å². The number of hydrogen-bond acceptors (Lipinski definition) is 3. The van der Waals surface area contributed by atoms with E-state index in [0.29, 0.717) is 6.42 Å². The highest BCUT2D eigenvalue weighted by Crippen LogP contribution is 2.30. The van der Waals surface area contributed by atoms with Crippen LogP contribution in [0.5, 0.6) is 0 Å². The van der Waals surface area contributed by atoms with E-state index in [1.54, 1.807) is 6.20 Å². The molecule has 1 aromatic carbocycles. The number of nitrogens with one attached hydrogen (secondary N) is 1. The van der Waals surface area contributed by atoms with Crippen LogP contribution in [-0.2, 0) is 11.2 Å². The Hall–Kier alpha value is -1.88. The molecule has 0 bridgehead atoms. The first-order valence-electron chi connectivity index (χ1n) is 5.91. The Morgan fingerprint density at radius 2 is 2.16 bits per heavy atom. The van der Waals surface area contributed by atoms with E-state index < -0.39 is 0 Å². The zero-order chi connectivity index (χ0) is 13.4. The first-order chi connectivity index (χ1) is 9.13. The topological polar surface area (TPSA) is 45.2 Å². The van der Waals surface area contributed by atoms with Crippen molar-refractivity contribution >= 4 is 39.0 Å². The third-order valence-electron chi connectivity index (χ3n) is 3.16. The minimum absolute atomic E-state index is 0.0524. The summed E-state index contributed by atoms with van der Waals surface area (Å²) in [5.74, 6) is 0.914. The van der Waals surface area contributed by atoms with Crippen molar-refractivity contribution < 1.29 is 4.79 Å². The fourth-order valence-corrected chi connectivity index (χ4v) is 2.36. The number of nitrogens with zero attached hydrogens (tertiary/aromatic N) is 2. The summed E-state index contributed by atoms with van der Waals surface area (Å²) in [5.41, 5.74) is 2.96. The number of hydrogen-bond donors (Lipinski definition) is 1. The number of anilines is 3. The molecule has 1 N–H and O–H groups in total. The normalized spacial score (nSPS) is 13.1. The lowest BCUT2D eigenvalue weighted by Gasteiger charge is -2.19. The maximum atomic E-state index is 11.3. The summed E-state index contributed by atoms with van der Waals surface area (Å²) in [6.07, 6.45) is 2.22. The van der Waals surface area contributed by atoms with E-state index in [1.165, 1.54) is 0 Å². The Labute approximate surface area is 119 Å². The third kappa shape index (κ3) is 2.33. The number of aromatic nitrogens is 1. The van der Waals surface area contributed by atoms with Crippen LogP contribution >= 0.6 is 15.9 Å². The number of benzene rings is 1. The van der Waals surface area contributed by atoms with Crippen molar-refractivity contribution in [1.29, 1.82) is 0 Å². The van der Waals surface area contributed by atoms with Gasteiger partial charge < -0.3 is 10.2 Å². The summed E-state index contributed by atoms with van der Waals surface area (Å²) < 4.78 is 0.952. The first kappa shape index (κ1) is 12.2. The molecule has 1 aliphatic heterocycles. The van der Waals surface area contributed by atoms with E-state index in [0.717, 1.165) is 27.2 Å². The smallest absolute Gasteiger partial charge is 0.228 e. The zero-order valence-electron chi connectivity index (χ0n) is 10.4. The molecule has 1 aromatic heterocycles. The van der Waals surface area contributed by atoms with Gasteiger partial charge in [-0.2, -0.15) is 0 Å². The van der Waals surface area contributed by atoms with Gasteiger partial charge in [-0.3, -0.25) is 4.79 Å². The van der Waals surface area contributed by atoms with E-state index in [-0.39, 0.29) is 5.91 Å². The standard InChI is InChI=1S/C14H12BrN3O/c1-18(13-5-2-10(15)8-16-13)11-3-4-12-9(6-11)7-14(19)17-12/h2-6,8H,7H2,1H3,(H,17,19). The minimum Gasteiger partial charge on any atom is -0.329 e. The van der Waals surface area contributed by atoms with Gasteiger partial charge in [0.15, 0.2) is 0 Å². The molecule has 0 fully saturated rings. The Morgan fingerprint density at radius 3 is 2.89 bits per heavy atom. The summed E-state index contributed by atoms with van der Waals surface area (Å²) in [6.45, 7) is 0. The van der Waals surface area contributed by atoms with Gasteiger partial charge in [-0.05, 0) is 51.8 Å². The third-order valence-corrected chi connectivity index (χ3v) is 3.63. The van der Waals surface area contributed by atoms with E-state index in [4.69, 9.17) is 0 Å². The van der Waals surface area contributed by atoms with Crippen molar-refractivity contribution in [3.63, 3.8) is 0 Å². The predicted molar refractivity (Wildman–Crippen MR) is 78.8 cm³/mol. The van der Waals surface area contributed by atoms with E-state index in [9.17, 15) is 4.79 Å². The number of amides is 1. The maximum absolute atomic E-state index is 11.3. The van der Waals surface area contributed by atoms with Crippen molar-refractivity contribution in [2.45, 2.75) is 6.42 Å². The molecule has 0 radical (unpaired) electrons. The SMILES string of the molecule is CN(c1ccc2c(c1)CC(=O)N2)c1ccc(Br)cn1. The van der Waals surface area contributed by atoms with Gasteiger partial charge in [-0.1, -0.05) is 0 Å². The van der Waals surface area contributed by atoms with Crippen LogP contribution in [0.4, 0.5) is 17.2 Å². The van der Waals surface area contributed by atoms with Crippen LogP contribution in [0.25, 0.3) is 0 Å². The second-order valence-electron chi connectivity index (χ2n) is 4.46. The number of fused-ring (bicyclic) bond motifs is 1. The van der Waals surface area contributed by atoms with Crippen LogP contribution in [0.3, 0.4) is 0 Å². The highest BCUT2D eigenvalue weighted by molar-refractivity contribution is 9.10. The molecular weight excluding hydrogens is 306 g/mol.